The van der Waals surface area contributed by atoms with E-state index in [4.69, 9.17) is 0 Å². The summed E-state index contributed by atoms with van der Waals surface area (Å²) >= 11 is 0. The molecule has 0 fully saturated rings. The molecule has 0 spiro atoms. The van der Waals surface area contributed by atoms with Gasteiger partial charge in [0.15, 0.2) is 11.6 Å². The van der Waals surface area contributed by atoms with Crippen molar-refractivity contribution in [3.63, 3.8) is 0 Å². The summed E-state index contributed by atoms with van der Waals surface area (Å²) in [7, 11) is 3.88. The largest absolute Gasteiger partial charge is 0.337 e. The number of nitrogens with zero attached hydrogens (tertiary/aromatic N) is 2. The van der Waals surface area contributed by atoms with Crippen molar-refractivity contribution in [2.75, 3.05) is 27.2 Å². The van der Waals surface area contributed by atoms with Gasteiger partial charge >= 0.3 is 0 Å². The molecule has 0 heterocycles. The van der Waals surface area contributed by atoms with Crippen LogP contribution in [0.2, 0.25) is 0 Å². The molecule has 1 rings (SSSR count). The standard InChI is InChI=1S/C17H26F2N2O/c1-13(2)5-8-17(22)21(10-9-20(3)4)12-14-6-7-15(18)16(19)11-14/h6-7,11,13H,5,8-10,12H2,1-4H3. The van der Waals surface area contributed by atoms with E-state index >= 15 is 0 Å². The average molecular weight is 312 g/mol. The van der Waals surface area contributed by atoms with E-state index in [0.29, 0.717) is 31.0 Å². The van der Waals surface area contributed by atoms with E-state index in [1.54, 1.807) is 4.90 Å². The Morgan fingerprint density at radius 3 is 2.36 bits per heavy atom. The van der Waals surface area contributed by atoms with E-state index < -0.39 is 11.6 Å². The van der Waals surface area contributed by atoms with Crippen molar-refractivity contribution in [2.45, 2.75) is 33.2 Å². The minimum Gasteiger partial charge on any atom is -0.337 e. The highest BCUT2D eigenvalue weighted by atomic mass is 19.2. The molecular weight excluding hydrogens is 286 g/mol. The molecule has 0 N–H and O–H groups in total. The van der Waals surface area contributed by atoms with Gasteiger partial charge in [0.05, 0.1) is 0 Å². The SMILES string of the molecule is CC(C)CCC(=O)N(CCN(C)C)Cc1ccc(F)c(F)c1. The van der Waals surface area contributed by atoms with Crippen molar-refractivity contribution in [3.8, 4) is 0 Å². The van der Waals surface area contributed by atoms with Gasteiger partial charge in [-0.15, -0.1) is 0 Å². The van der Waals surface area contributed by atoms with Crippen LogP contribution < -0.4 is 0 Å². The number of carbonyl (C=O) groups is 1. The summed E-state index contributed by atoms with van der Waals surface area (Å²) in [5.41, 5.74) is 0.607. The van der Waals surface area contributed by atoms with Crippen LogP contribution in [0.3, 0.4) is 0 Å². The fraction of sp³-hybridized carbons (Fsp3) is 0.588. The van der Waals surface area contributed by atoms with Crippen LogP contribution >= 0.6 is 0 Å². The second-order valence-electron chi connectivity index (χ2n) is 6.30. The zero-order valence-electron chi connectivity index (χ0n) is 13.9. The summed E-state index contributed by atoms with van der Waals surface area (Å²) in [5, 5.41) is 0. The third kappa shape index (κ3) is 6.52. The molecule has 0 aliphatic rings. The lowest BCUT2D eigenvalue weighted by atomic mass is 10.1. The van der Waals surface area contributed by atoms with Gasteiger partial charge in [-0.2, -0.15) is 0 Å². The molecular formula is C17H26F2N2O. The number of carbonyl (C=O) groups excluding carboxylic acids is 1. The summed E-state index contributed by atoms with van der Waals surface area (Å²) < 4.78 is 26.3. The maximum Gasteiger partial charge on any atom is 0.222 e. The smallest absolute Gasteiger partial charge is 0.222 e. The Balaban J connectivity index is 2.75. The lowest BCUT2D eigenvalue weighted by Crippen LogP contribution is -2.36. The van der Waals surface area contributed by atoms with E-state index in [1.165, 1.54) is 6.07 Å². The van der Waals surface area contributed by atoms with Crippen LogP contribution in [0.25, 0.3) is 0 Å². The Hall–Kier alpha value is -1.49. The lowest BCUT2D eigenvalue weighted by Gasteiger charge is -2.25. The summed E-state index contributed by atoms with van der Waals surface area (Å²) in [6.45, 7) is 5.77. The molecule has 0 saturated heterocycles. The van der Waals surface area contributed by atoms with Gasteiger partial charge in [-0.25, -0.2) is 8.78 Å². The van der Waals surface area contributed by atoms with Gasteiger partial charge in [0.25, 0.3) is 0 Å². The van der Waals surface area contributed by atoms with Gasteiger partial charge in [0.2, 0.25) is 5.91 Å². The average Bonchev–Trinajstić information content (AvgIpc) is 2.44. The maximum atomic E-state index is 13.3. The van der Waals surface area contributed by atoms with Gasteiger partial charge in [-0.1, -0.05) is 19.9 Å². The molecule has 22 heavy (non-hydrogen) atoms. The van der Waals surface area contributed by atoms with Crippen LogP contribution in [-0.2, 0) is 11.3 Å². The molecule has 0 bridgehead atoms. The molecule has 1 aromatic rings. The Morgan fingerprint density at radius 1 is 1.14 bits per heavy atom. The van der Waals surface area contributed by atoms with Gasteiger partial charge < -0.3 is 9.80 Å². The van der Waals surface area contributed by atoms with Crippen LogP contribution in [0.1, 0.15) is 32.3 Å². The first kappa shape index (κ1) is 18.6. The quantitative estimate of drug-likeness (QED) is 0.735. The molecule has 1 amide bonds. The van der Waals surface area contributed by atoms with Crippen molar-refractivity contribution in [2.24, 2.45) is 5.92 Å². The predicted molar refractivity (Wildman–Crippen MR) is 84.4 cm³/mol. The fourth-order valence-corrected chi connectivity index (χ4v) is 2.04. The molecule has 0 atom stereocenters. The predicted octanol–water partition coefficient (Wildman–Crippen LogP) is 3.29. The van der Waals surface area contributed by atoms with Crippen molar-refractivity contribution < 1.29 is 13.6 Å². The Morgan fingerprint density at radius 2 is 1.82 bits per heavy atom. The number of hydrogen-bond donors (Lipinski definition) is 0. The lowest BCUT2D eigenvalue weighted by molar-refractivity contribution is -0.132. The maximum absolute atomic E-state index is 13.3. The fourth-order valence-electron chi connectivity index (χ4n) is 2.04. The van der Waals surface area contributed by atoms with E-state index in [9.17, 15) is 13.6 Å². The number of hydrogen-bond acceptors (Lipinski definition) is 2. The molecule has 3 nitrogen and oxygen atoms in total. The number of benzene rings is 1. The molecule has 0 aliphatic heterocycles. The Labute approximate surface area is 131 Å². The zero-order valence-corrected chi connectivity index (χ0v) is 13.9. The van der Waals surface area contributed by atoms with Gasteiger partial charge in [-0.3, -0.25) is 4.79 Å². The summed E-state index contributed by atoms with van der Waals surface area (Å²) in [5.74, 6) is -1.22. The van der Waals surface area contributed by atoms with E-state index in [-0.39, 0.29) is 5.91 Å². The van der Waals surface area contributed by atoms with Crippen LogP contribution in [0.4, 0.5) is 8.78 Å². The topological polar surface area (TPSA) is 23.6 Å². The zero-order chi connectivity index (χ0) is 16.7. The highest BCUT2D eigenvalue weighted by Gasteiger charge is 2.15. The number of halogens is 2. The first-order chi connectivity index (χ1) is 10.3. The molecule has 0 aromatic heterocycles. The molecule has 0 unspecified atom stereocenters. The molecule has 124 valence electrons. The minimum absolute atomic E-state index is 0.0558. The van der Waals surface area contributed by atoms with Crippen molar-refractivity contribution in [1.82, 2.24) is 9.80 Å². The van der Waals surface area contributed by atoms with Crippen LogP contribution in [0.5, 0.6) is 0 Å². The van der Waals surface area contributed by atoms with E-state index in [1.807, 2.05) is 19.0 Å². The summed E-state index contributed by atoms with van der Waals surface area (Å²) in [6.07, 6.45) is 1.31. The molecule has 5 heteroatoms. The monoisotopic (exact) mass is 312 g/mol. The van der Waals surface area contributed by atoms with Gasteiger partial charge in [0, 0.05) is 26.1 Å². The normalized spacial score (nSPS) is 11.3. The number of amides is 1. The molecule has 0 radical (unpaired) electrons. The van der Waals surface area contributed by atoms with E-state index in [0.717, 1.165) is 25.1 Å². The second-order valence-corrected chi connectivity index (χ2v) is 6.30. The van der Waals surface area contributed by atoms with Crippen molar-refractivity contribution >= 4 is 5.91 Å². The third-order valence-electron chi connectivity index (χ3n) is 3.46. The molecule has 0 aliphatic carbocycles. The minimum atomic E-state index is -0.875. The van der Waals surface area contributed by atoms with E-state index in [2.05, 4.69) is 13.8 Å². The van der Waals surface area contributed by atoms with Crippen LogP contribution in [0.15, 0.2) is 18.2 Å². The Kier molecular flexibility index (Phi) is 7.45. The van der Waals surface area contributed by atoms with Crippen molar-refractivity contribution in [1.29, 1.82) is 0 Å². The van der Waals surface area contributed by atoms with Gasteiger partial charge in [-0.05, 0) is 44.1 Å². The van der Waals surface area contributed by atoms with Crippen LogP contribution in [-0.4, -0.2) is 42.9 Å². The number of likely N-dealkylation sites (N-methyl/N-ethyl adjacent to an activating group) is 1. The molecule has 1 aromatic carbocycles. The van der Waals surface area contributed by atoms with Crippen LogP contribution in [0, 0.1) is 17.6 Å². The third-order valence-corrected chi connectivity index (χ3v) is 3.46. The second kappa shape index (κ2) is 8.83. The van der Waals surface area contributed by atoms with Crippen molar-refractivity contribution in [3.05, 3.63) is 35.4 Å². The first-order valence-electron chi connectivity index (χ1n) is 7.66. The highest BCUT2D eigenvalue weighted by molar-refractivity contribution is 5.76. The first-order valence-corrected chi connectivity index (χ1v) is 7.66. The summed E-state index contributed by atoms with van der Waals surface area (Å²) in [4.78, 5) is 16.1. The Bertz CT molecular complexity index is 490. The number of rotatable bonds is 8. The molecule has 0 saturated carbocycles. The summed E-state index contributed by atoms with van der Waals surface area (Å²) in [6, 6.07) is 3.79. The highest BCUT2D eigenvalue weighted by Crippen LogP contribution is 2.13. The van der Waals surface area contributed by atoms with Gasteiger partial charge in [0.1, 0.15) is 0 Å².